The Morgan fingerprint density at radius 1 is 1.31 bits per heavy atom. The van der Waals surface area contributed by atoms with E-state index in [0.717, 1.165) is 6.07 Å². The molecule has 6 nitrogen and oxygen atoms in total. The molecule has 1 aromatic rings. The average molecular weight is 223 g/mol. The standard InChI is InChI=1S/C10H9NO5/c1-2-16-10-4-3-9(11(14)15)7(5-12)8(10)6-13/h3-6H,2H2,1H3. The summed E-state index contributed by atoms with van der Waals surface area (Å²) in [6.45, 7) is 2.01. The van der Waals surface area contributed by atoms with Crippen LogP contribution >= 0.6 is 0 Å². The van der Waals surface area contributed by atoms with Gasteiger partial charge in [0.15, 0.2) is 12.6 Å². The van der Waals surface area contributed by atoms with Gasteiger partial charge in [-0.1, -0.05) is 0 Å². The molecule has 0 N–H and O–H groups in total. The van der Waals surface area contributed by atoms with E-state index in [9.17, 15) is 19.7 Å². The zero-order valence-corrected chi connectivity index (χ0v) is 8.50. The zero-order chi connectivity index (χ0) is 12.1. The second-order valence-corrected chi connectivity index (χ2v) is 2.84. The number of rotatable bonds is 5. The predicted octanol–water partition coefficient (Wildman–Crippen LogP) is 1.62. The molecule has 0 amide bonds. The normalized spacial score (nSPS) is 9.56. The molecule has 0 bridgehead atoms. The van der Waals surface area contributed by atoms with Crippen molar-refractivity contribution in [2.45, 2.75) is 6.92 Å². The zero-order valence-electron chi connectivity index (χ0n) is 8.50. The summed E-state index contributed by atoms with van der Waals surface area (Å²) >= 11 is 0. The molecule has 84 valence electrons. The summed E-state index contributed by atoms with van der Waals surface area (Å²) < 4.78 is 5.09. The van der Waals surface area contributed by atoms with Crippen LogP contribution in [-0.4, -0.2) is 24.1 Å². The summed E-state index contributed by atoms with van der Waals surface area (Å²) in [5.41, 5.74) is -0.752. The van der Waals surface area contributed by atoms with Gasteiger partial charge in [-0.15, -0.1) is 0 Å². The highest BCUT2D eigenvalue weighted by Gasteiger charge is 2.20. The highest BCUT2D eigenvalue weighted by Crippen LogP contribution is 2.27. The Balaban J connectivity index is 3.45. The molecule has 0 saturated heterocycles. The molecule has 0 fully saturated rings. The molecule has 0 unspecified atom stereocenters. The number of benzene rings is 1. The first-order valence-electron chi connectivity index (χ1n) is 4.50. The van der Waals surface area contributed by atoms with Crippen LogP contribution in [0.4, 0.5) is 5.69 Å². The first-order valence-corrected chi connectivity index (χ1v) is 4.50. The van der Waals surface area contributed by atoms with Gasteiger partial charge >= 0.3 is 0 Å². The summed E-state index contributed by atoms with van der Waals surface area (Å²) in [5, 5.41) is 10.6. The summed E-state index contributed by atoms with van der Waals surface area (Å²) in [4.78, 5) is 31.4. The van der Waals surface area contributed by atoms with E-state index >= 15 is 0 Å². The lowest BCUT2D eigenvalue weighted by Crippen LogP contribution is -2.03. The number of carbonyl (C=O) groups is 2. The number of carbonyl (C=O) groups excluding carboxylic acids is 2. The number of nitrogens with zero attached hydrogens (tertiary/aromatic N) is 1. The number of hydrogen-bond donors (Lipinski definition) is 0. The maximum atomic E-state index is 10.8. The Morgan fingerprint density at radius 2 is 1.94 bits per heavy atom. The summed E-state index contributed by atoms with van der Waals surface area (Å²) in [6, 6.07) is 2.44. The number of ether oxygens (including phenoxy) is 1. The van der Waals surface area contributed by atoms with Crippen LogP contribution in [0.3, 0.4) is 0 Å². The molecule has 1 aromatic carbocycles. The van der Waals surface area contributed by atoms with E-state index in [2.05, 4.69) is 0 Å². The van der Waals surface area contributed by atoms with Crippen molar-refractivity contribution in [3.8, 4) is 5.75 Å². The predicted molar refractivity (Wildman–Crippen MR) is 55.0 cm³/mol. The summed E-state index contributed by atoms with van der Waals surface area (Å²) in [7, 11) is 0. The SMILES string of the molecule is CCOc1ccc([N+](=O)[O-])c(C=O)c1C=O. The Morgan fingerprint density at radius 3 is 2.38 bits per heavy atom. The molecule has 0 aromatic heterocycles. The molecule has 0 aliphatic carbocycles. The van der Waals surface area contributed by atoms with Crippen LogP contribution in [0, 0.1) is 10.1 Å². The molecule has 0 heterocycles. The van der Waals surface area contributed by atoms with Gasteiger partial charge in [-0.05, 0) is 13.0 Å². The van der Waals surface area contributed by atoms with Crippen molar-refractivity contribution in [1.29, 1.82) is 0 Å². The molecule has 0 saturated carbocycles. The minimum Gasteiger partial charge on any atom is -0.493 e. The second-order valence-electron chi connectivity index (χ2n) is 2.84. The lowest BCUT2D eigenvalue weighted by Gasteiger charge is -2.07. The Kier molecular flexibility index (Phi) is 3.71. The molecule has 0 atom stereocenters. The van der Waals surface area contributed by atoms with E-state index in [1.165, 1.54) is 6.07 Å². The van der Waals surface area contributed by atoms with Gasteiger partial charge in [-0.2, -0.15) is 0 Å². The van der Waals surface area contributed by atoms with Crippen molar-refractivity contribution in [2.75, 3.05) is 6.61 Å². The summed E-state index contributed by atoms with van der Waals surface area (Å²) in [6.07, 6.45) is 0.659. The van der Waals surface area contributed by atoms with E-state index in [0.29, 0.717) is 12.9 Å². The van der Waals surface area contributed by atoms with Gasteiger partial charge in [0, 0.05) is 6.07 Å². The summed E-state index contributed by atoms with van der Waals surface area (Å²) in [5.74, 6) is 0.171. The van der Waals surface area contributed by atoms with Gasteiger partial charge < -0.3 is 4.74 Å². The van der Waals surface area contributed by atoms with Gasteiger partial charge in [-0.3, -0.25) is 19.7 Å². The van der Waals surface area contributed by atoms with Gasteiger partial charge in [0.05, 0.1) is 17.1 Å². The molecule has 0 aliphatic heterocycles. The largest absolute Gasteiger partial charge is 0.493 e. The number of aldehydes is 2. The monoisotopic (exact) mass is 223 g/mol. The highest BCUT2D eigenvalue weighted by molar-refractivity contribution is 5.96. The van der Waals surface area contributed by atoms with Crippen LogP contribution in [0.1, 0.15) is 27.6 Å². The number of nitro benzene ring substituents is 1. The second kappa shape index (κ2) is 5.01. The average Bonchev–Trinajstić information content (AvgIpc) is 2.28. The van der Waals surface area contributed by atoms with Gasteiger partial charge in [0.25, 0.3) is 5.69 Å². The van der Waals surface area contributed by atoms with Crippen molar-refractivity contribution in [3.63, 3.8) is 0 Å². The molecular weight excluding hydrogens is 214 g/mol. The maximum absolute atomic E-state index is 10.8. The van der Waals surface area contributed by atoms with Crippen molar-refractivity contribution in [3.05, 3.63) is 33.4 Å². The van der Waals surface area contributed by atoms with Crippen molar-refractivity contribution in [1.82, 2.24) is 0 Å². The molecule has 0 radical (unpaired) electrons. The molecular formula is C10H9NO5. The minimum atomic E-state index is -0.716. The van der Waals surface area contributed by atoms with Crippen LogP contribution in [0.25, 0.3) is 0 Å². The topological polar surface area (TPSA) is 86.5 Å². The van der Waals surface area contributed by atoms with Crippen molar-refractivity contribution >= 4 is 18.3 Å². The number of nitro groups is 1. The van der Waals surface area contributed by atoms with E-state index < -0.39 is 10.6 Å². The quantitative estimate of drug-likeness (QED) is 0.430. The number of hydrogen-bond acceptors (Lipinski definition) is 5. The lowest BCUT2D eigenvalue weighted by atomic mass is 10.1. The molecule has 0 spiro atoms. The van der Waals surface area contributed by atoms with E-state index in [1.807, 2.05) is 0 Å². The van der Waals surface area contributed by atoms with Crippen molar-refractivity contribution < 1.29 is 19.2 Å². The first kappa shape index (κ1) is 11.8. The molecule has 1 rings (SSSR count). The first-order chi connectivity index (χ1) is 7.65. The van der Waals surface area contributed by atoms with Crippen LogP contribution < -0.4 is 4.74 Å². The van der Waals surface area contributed by atoms with Gasteiger partial charge in [0.2, 0.25) is 0 Å². The van der Waals surface area contributed by atoms with Crippen LogP contribution in [0.2, 0.25) is 0 Å². The fourth-order valence-electron chi connectivity index (χ4n) is 1.29. The molecule has 16 heavy (non-hydrogen) atoms. The third-order valence-electron chi connectivity index (χ3n) is 1.96. The smallest absolute Gasteiger partial charge is 0.280 e. The van der Waals surface area contributed by atoms with Gasteiger partial charge in [-0.25, -0.2) is 0 Å². The Bertz CT molecular complexity index is 441. The minimum absolute atomic E-state index is 0.0916. The Hall–Kier alpha value is -2.24. The van der Waals surface area contributed by atoms with Gasteiger partial charge in [0.1, 0.15) is 11.3 Å². The third-order valence-corrected chi connectivity index (χ3v) is 1.96. The maximum Gasteiger partial charge on any atom is 0.280 e. The van der Waals surface area contributed by atoms with E-state index in [4.69, 9.17) is 4.74 Å². The lowest BCUT2D eigenvalue weighted by molar-refractivity contribution is -0.385. The van der Waals surface area contributed by atoms with E-state index in [-0.39, 0.29) is 23.2 Å². The fourth-order valence-corrected chi connectivity index (χ4v) is 1.29. The van der Waals surface area contributed by atoms with E-state index in [1.54, 1.807) is 6.92 Å². The molecule has 6 heteroatoms. The fraction of sp³-hybridized carbons (Fsp3) is 0.200. The highest BCUT2D eigenvalue weighted by atomic mass is 16.6. The van der Waals surface area contributed by atoms with Crippen LogP contribution in [-0.2, 0) is 0 Å². The molecule has 0 aliphatic rings. The Labute approximate surface area is 91.0 Å². The van der Waals surface area contributed by atoms with Crippen molar-refractivity contribution in [2.24, 2.45) is 0 Å². The third kappa shape index (κ3) is 2.05. The van der Waals surface area contributed by atoms with Crippen LogP contribution in [0.5, 0.6) is 5.75 Å². The van der Waals surface area contributed by atoms with Crippen LogP contribution in [0.15, 0.2) is 12.1 Å².